The number of benzene rings is 1. The van der Waals surface area contributed by atoms with Crippen LogP contribution in [0.4, 0.5) is 0 Å². The Kier molecular flexibility index (Phi) is 4.04. The van der Waals surface area contributed by atoms with Gasteiger partial charge in [-0.15, -0.1) is 0 Å². The largest absolute Gasteiger partial charge is 0.489 e. The summed E-state index contributed by atoms with van der Waals surface area (Å²) in [7, 11) is 0. The lowest BCUT2D eigenvalue weighted by molar-refractivity contribution is 0.0671. The molecule has 1 aliphatic rings. The minimum absolute atomic E-state index is 0.0680. The van der Waals surface area contributed by atoms with Gasteiger partial charge in [-0.2, -0.15) is 0 Å². The zero-order chi connectivity index (χ0) is 11.4. The van der Waals surface area contributed by atoms with Crippen molar-refractivity contribution in [2.45, 2.75) is 25.6 Å². The Labute approximate surface area is 99.9 Å². The first-order chi connectivity index (χ1) is 7.81. The Bertz CT molecular complexity index is 348. The smallest absolute Gasteiger partial charge is 0.143 e. The number of hydrogen-bond donors (Lipinski definition) is 1. The van der Waals surface area contributed by atoms with Gasteiger partial charge in [-0.1, -0.05) is 23.7 Å². The number of rotatable bonds is 4. The fourth-order valence-electron chi connectivity index (χ4n) is 1.79. The van der Waals surface area contributed by atoms with E-state index in [9.17, 15) is 0 Å². The first-order valence-corrected chi connectivity index (χ1v) is 5.81. The molecule has 1 fully saturated rings. The van der Waals surface area contributed by atoms with Crippen LogP contribution in [-0.2, 0) is 11.3 Å². The third-order valence-corrected chi connectivity index (χ3v) is 2.95. The van der Waals surface area contributed by atoms with Crippen molar-refractivity contribution in [2.24, 2.45) is 0 Å². The van der Waals surface area contributed by atoms with Gasteiger partial charge in [-0.3, -0.25) is 0 Å². The monoisotopic (exact) mass is 242 g/mol. The summed E-state index contributed by atoms with van der Waals surface area (Å²) in [5.74, 6) is 0.571. The molecule has 1 aromatic carbocycles. The molecule has 1 atom stereocenters. The Hall–Kier alpha value is -0.770. The standard InChI is InChI=1S/C12H15ClO3/c13-11-5-1-3-9(7-14)12(11)16-8-10-4-2-6-15-10/h1,3,5,10,14H,2,4,6-8H2. The molecule has 1 unspecified atom stereocenters. The van der Waals surface area contributed by atoms with E-state index in [1.54, 1.807) is 18.2 Å². The van der Waals surface area contributed by atoms with Gasteiger partial charge >= 0.3 is 0 Å². The van der Waals surface area contributed by atoms with E-state index in [-0.39, 0.29) is 12.7 Å². The number of para-hydroxylation sites is 1. The molecule has 1 N–H and O–H groups in total. The van der Waals surface area contributed by atoms with Gasteiger partial charge in [0.15, 0.2) is 0 Å². The van der Waals surface area contributed by atoms with E-state index in [1.807, 2.05) is 0 Å². The Morgan fingerprint density at radius 2 is 2.38 bits per heavy atom. The van der Waals surface area contributed by atoms with Crippen molar-refractivity contribution in [2.75, 3.05) is 13.2 Å². The maximum Gasteiger partial charge on any atom is 0.143 e. The van der Waals surface area contributed by atoms with Crippen molar-refractivity contribution in [3.63, 3.8) is 0 Å². The Morgan fingerprint density at radius 1 is 1.50 bits per heavy atom. The highest BCUT2D eigenvalue weighted by Gasteiger charge is 2.17. The van der Waals surface area contributed by atoms with Crippen LogP contribution in [0.25, 0.3) is 0 Å². The summed E-state index contributed by atoms with van der Waals surface area (Å²) < 4.78 is 11.1. The maximum absolute atomic E-state index is 9.16. The van der Waals surface area contributed by atoms with E-state index in [2.05, 4.69) is 0 Å². The highest BCUT2D eigenvalue weighted by atomic mass is 35.5. The van der Waals surface area contributed by atoms with Crippen LogP contribution in [-0.4, -0.2) is 24.4 Å². The number of aliphatic hydroxyl groups is 1. The van der Waals surface area contributed by atoms with Crippen molar-refractivity contribution < 1.29 is 14.6 Å². The summed E-state index contributed by atoms with van der Waals surface area (Å²) in [6.07, 6.45) is 2.27. The van der Waals surface area contributed by atoms with E-state index < -0.39 is 0 Å². The normalized spacial score (nSPS) is 20.0. The first kappa shape index (κ1) is 11.7. The second-order valence-corrected chi connectivity index (χ2v) is 4.24. The van der Waals surface area contributed by atoms with E-state index in [0.29, 0.717) is 22.9 Å². The van der Waals surface area contributed by atoms with Crippen molar-refractivity contribution in [1.82, 2.24) is 0 Å². The van der Waals surface area contributed by atoms with Crippen LogP contribution in [0.1, 0.15) is 18.4 Å². The molecule has 0 aliphatic carbocycles. The van der Waals surface area contributed by atoms with E-state index in [4.69, 9.17) is 26.2 Å². The number of halogens is 1. The van der Waals surface area contributed by atoms with Gasteiger partial charge in [-0.25, -0.2) is 0 Å². The predicted molar refractivity (Wildman–Crippen MR) is 61.8 cm³/mol. The molecule has 0 spiro atoms. The minimum Gasteiger partial charge on any atom is -0.489 e. The van der Waals surface area contributed by atoms with Crippen LogP contribution in [0.5, 0.6) is 5.75 Å². The van der Waals surface area contributed by atoms with Crippen LogP contribution in [0.15, 0.2) is 18.2 Å². The van der Waals surface area contributed by atoms with Crippen LogP contribution in [0.3, 0.4) is 0 Å². The molecule has 88 valence electrons. The van der Waals surface area contributed by atoms with Gasteiger partial charge in [-0.05, 0) is 18.9 Å². The molecule has 1 saturated heterocycles. The van der Waals surface area contributed by atoms with Crippen molar-refractivity contribution >= 4 is 11.6 Å². The SMILES string of the molecule is OCc1cccc(Cl)c1OCC1CCCO1. The summed E-state index contributed by atoms with van der Waals surface area (Å²) >= 11 is 6.02. The Balaban J connectivity index is 2.01. The molecule has 0 radical (unpaired) electrons. The van der Waals surface area contributed by atoms with Gasteiger partial charge in [0.25, 0.3) is 0 Å². The van der Waals surface area contributed by atoms with Crippen LogP contribution < -0.4 is 4.74 Å². The lowest BCUT2D eigenvalue weighted by Gasteiger charge is -2.14. The molecular weight excluding hydrogens is 228 g/mol. The summed E-state index contributed by atoms with van der Waals surface area (Å²) in [4.78, 5) is 0. The number of aliphatic hydroxyl groups excluding tert-OH is 1. The van der Waals surface area contributed by atoms with Gasteiger partial charge in [0.05, 0.1) is 17.7 Å². The third kappa shape index (κ3) is 2.67. The zero-order valence-electron chi connectivity index (χ0n) is 8.99. The summed E-state index contributed by atoms with van der Waals surface area (Å²) in [5.41, 5.74) is 0.713. The van der Waals surface area contributed by atoms with Crippen LogP contribution in [0.2, 0.25) is 5.02 Å². The average Bonchev–Trinajstić information content (AvgIpc) is 2.80. The summed E-state index contributed by atoms with van der Waals surface area (Å²) in [5, 5.41) is 9.70. The van der Waals surface area contributed by atoms with Gasteiger partial charge < -0.3 is 14.6 Å². The first-order valence-electron chi connectivity index (χ1n) is 5.44. The van der Waals surface area contributed by atoms with Gasteiger partial charge in [0.1, 0.15) is 12.4 Å². The van der Waals surface area contributed by atoms with Crippen LogP contribution in [0, 0.1) is 0 Å². The van der Waals surface area contributed by atoms with E-state index in [0.717, 1.165) is 19.4 Å². The molecule has 0 amide bonds. The second kappa shape index (κ2) is 5.53. The molecule has 0 saturated carbocycles. The van der Waals surface area contributed by atoms with Crippen molar-refractivity contribution in [3.8, 4) is 5.75 Å². The van der Waals surface area contributed by atoms with Crippen molar-refractivity contribution in [3.05, 3.63) is 28.8 Å². The fraction of sp³-hybridized carbons (Fsp3) is 0.500. The molecule has 16 heavy (non-hydrogen) atoms. The number of hydrogen-bond acceptors (Lipinski definition) is 3. The van der Waals surface area contributed by atoms with Gasteiger partial charge in [0, 0.05) is 12.2 Å². The average molecular weight is 243 g/mol. The minimum atomic E-state index is -0.0680. The third-order valence-electron chi connectivity index (χ3n) is 2.66. The second-order valence-electron chi connectivity index (χ2n) is 3.83. The lowest BCUT2D eigenvalue weighted by atomic mass is 10.2. The zero-order valence-corrected chi connectivity index (χ0v) is 9.74. The molecule has 1 aliphatic heterocycles. The molecule has 3 nitrogen and oxygen atoms in total. The maximum atomic E-state index is 9.16. The molecule has 4 heteroatoms. The molecule has 2 rings (SSSR count). The van der Waals surface area contributed by atoms with Gasteiger partial charge in [0.2, 0.25) is 0 Å². The summed E-state index contributed by atoms with van der Waals surface area (Å²) in [6.45, 7) is 1.24. The molecule has 1 aromatic rings. The Morgan fingerprint density at radius 3 is 3.06 bits per heavy atom. The van der Waals surface area contributed by atoms with E-state index >= 15 is 0 Å². The molecule has 0 aromatic heterocycles. The van der Waals surface area contributed by atoms with Crippen LogP contribution >= 0.6 is 11.6 Å². The quantitative estimate of drug-likeness (QED) is 0.881. The fourth-order valence-corrected chi connectivity index (χ4v) is 2.04. The topological polar surface area (TPSA) is 38.7 Å². The van der Waals surface area contributed by atoms with Crippen molar-refractivity contribution in [1.29, 1.82) is 0 Å². The molecule has 1 heterocycles. The highest BCUT2D eigenvalue weighted by molar-refractivity contribution is 6.32. The lowest BCUT2D eigenvalue weighted by Crippen LogP contribution is -2.17. The van der Waals surface area contributed by atoms with E-state index in [1.165, 1.54) is 0 Å². The molecular formula is C12H15ClO3. The summed E-state index contributed by atoms with van der Waals surface area (Å²) in [6, 6.07) is 5.36. The number of ether oxygens (including phenoxy) is 2. The predicted octanol–water partition coefficient (Wildman–Crippen LogP) is 2.39. The molecule has 0 bridgehead atoms. The highest BCUT2D eigenvalue weighted by Crippen LogP contribution is 2.29.